The number of rotatable bonds is 3. The van der Waals surface area contributed by atoms with Crippen LogP contribution in [0.2, 0.25) is 0 Å². The highest BCUT2D eigenvalue weighted by atomic mass is 32.2. The number of amides is 1. The summed E-state index contributed by atoms with van der Waals surface area (Å²) >= 11 is 0. The van der Waals surface area contributed by atoms with Crippen molar-refractivity contribution in [2.45, 2.75) is 18.6 Å². The predicted octanol–water partition coefficient (Wildman–Crippen LogP) is -0.601. The molecule has 0 rings (SSSR count). The summed E-state index contributed by atoms with van der Waals surface area (Å²) in [6.07, 6.45) is 0.0680. The van der Waals surface area contributed by atoms with Crippen molar-refractivity contribution in [2.75, 3.05) is 7.05 Å². The van der Waals surface area contributed by atoms with Gasteiger partial charge in [0.05, 0.1) is 0 Å². The molecule has 1 atom stereocenters. The van der Waals surface area contributed by atoms with E-state index in [9.17, 15) is 13.2 Å². The van der Waals surface area contributed by atoms with E-state index in [1.807, 2.05) is 0 Å². The molecule has 5 nitrogen and oxygen atoms in total. The van der Waals surface area contributed by atoms with Gasteiger partial charge in [-0.15, -0.1) is 0 Å². The number of nitrogens with one attached hydrogen (secondary N) is 1. The molecule has 6 heteroatoms. The molecule has 1 unspecified atom stereocenters. The van der Waals surface area contributed by atoms with Crippen molar-refractivity contribution in [3.8, 4) is 0 Å². The van der Waals surface area contributed by atoms with Gasteiger partial charge in [0, 0.05) is 7.05 Å². The minimum absolute atomic E-state index is 0.0680. The second kappa shape index (κ2) is 3.68. The number of hydrogen-bond donors (Lipinski definition) is 2. The maximum Gasteiger partial charge on any atom is 0.276 e. The molecule has 0 aromatic heterocycles. The highest BCUT2D eigenvalue weighted by molar-refractivity contribution is 7.87. The zero-order chi connectivity index (χ0) is 9.07. The highest BCUT2D eigenvalue weighted by Gasteiger charge is 2.27. The van der Waals surface area contributed by atoms with Crippen LogP contribution >= 0.6 is 0 Å². The minimum Gasteiger partial charge on any atom is -0.358 e. The van der Waals surface area contributed by atoms with Gasteiger partial charge in [0.2, 0.25) is 5.91 Å². The van der Waals surface area contributed by atoms with Crippen molar-refractivity contribution in [1.82, 2.24) is 5.32 Å². The molecule has 0 bridgehead atoms. The van der Waals surface area contributed by atoms with Gasteiger partial charge in [-0.2, -0.15) is 8.42 Å². The zero-order valence-corrected chi connectivity index (χ0v) is 7.18. The summed E-state index contributed by atoms with van der Waals surface area (Å²) in [7, 11) is -2.92. The minimum atomic E-state index is -4.24. The molecule has 0 radical (unpaired) electrons. The molecule has 0 heterocycles. The lowest BCUT2D eigenvalue weighted by Crippen LogP contribution is -2.37. The molecule has 0 aromatic rings. The van der Waals surface area contributed by atoms with Crippen LogP contribution in [-0.2, 0) is 14.9 Å². The van der Waals surface area contributed by atoms with Crippen LogP contribution in [0.15, 0.2) is 0 Å². The van der Waals surface area contributed by atoms with Crippen LogP contribution in [0, 0.1) is 0 Å². The SMILES string of the molecule is CCC(C(=O)NC)S(=O)(=O)O. The monoisotopic (exact) mass is 181 g/mol. The quantitative estimate of drug-likeness (QED) is 0.569. The molecule has 0 saturated heterocycles. The van der Waals surface area contributed by atoms with Gasteiger partial charge in [-0.05, 0) is 6.42 Å². The molecule has 0 aliphatic carbocycles. The van der Waals surface area contributed by atoms with E-state index in [2.05, 4.69) is 5.32 Å². The second-order valence-corrected chi connectivity index (χ2v) is 3.63. The van der Waals surface area contributed by atoms with E-state index in [4.69, 9.17) is 4.55 Å². The fourth-order valence-electron chi connectivity index (χ4n) is 0.692. The van der Waals surface area contributed by atoms with E-state index in [0.29, 0.717) is 0 Å². The average Bonchev–Trinajstić information content (AvgIpc) is 1.86. The third kappa shape index (κ3) is 2.85. The molecular formula is C5H11NO4S. The zero-order valence-electron chi connectivity index (χ0n) is 6.36. The first-order valence-electron chi connectivity index (χ1n) is 3.11. The molecule has 0 aromatic carbocycles. The fourth-order valence-corrected chi connectivity index (χ4v) is 1.50. The van der Waals surface area contributed by atoms with Gasteiger partial charge in [-0.3, -0.25) is 9.35 Å². The lowest BCUT2D eigenvalue weighted by atomic mass is 10.3. The van der Waals surface area contributed by atoms with Crippen molar-refractivity contribution < 1.29 is 17.8 Å². The van der Waals surface area contributed by atoms with Crippen LogP contribution in [0.4, 0.5) is 0 Å². The molecule has 0 saturated carbocycles. The normalized spacial score (nSPS) is 14.1. The molecule has 1 amide bonds. The average molecular weight is 181 g/mol. The highest BCUT2D eigenvalue weighted by Crippen LogP contribution is 2.02. The fraction of sp³-hybridized carbons (Fsp3) is 0.800. The van der Waals surface area contributed by atoms with E-state index in [-0.39, 0.29) is 6.42 Å². The number of carbonyl (C=O) groups excluding carboxylic acids is 1. The van der Waals surface area contributed by atoms with E-state index in [1.165, 1.54) is 14.0 Å². The van der Waals surface area contributed by atoms with Crippen molar-refractivity contribution in [2.24, 2.45) is 0 Å². The predicted molar refractivity (Wildman–Crippen MR) is 39.7 cm³/mol. The third-order valence-corrected chi connectivity index (χ3v) is 2.54. The van der Waals surface area contributed by atoms with Gasteiger partial charge in [-0.25, -0.2) is 0 Å². The van der Waals surface area contributed by atoms with E-state index in [1.54, 1.807) is 0 Å². The first kappa shape index (κ1) is 10.4. The Morgan fingerprint density at radius 3 is 2.18 bits per heavy atom. The summed E-state index contributed by atoms with van der Waals surface area (Å²) < 4.78 is 29.4. The Balaban J connectivity index is 4.56. The van der Waals surface area contributed by atoms with Gasteiger partial charge in [0.1, 0.15) is 0 Å². The van der Waals surface area contributed by atoms with Gasteiger partial charge in [0.25, 0.3) is 10.1 Å². The van der Waals surface area contributed by atoms with Gasteiger partial charge in [-0.1, -0.05) is 6.92 Å². The Kier molecular flexibility index (Phi) is 3.47. The van der Waals surface area contributed by atoms with Crippen molar-refractivity contribution in [3.63, 3.8) is 0 Å². The van der Waals surface area contributed by atoms with E-state index in [0.717, 1.165) is 0 Å². The molecule has 2 N–H and O–H groups in total. The Morgan fingerprint density at radius 2 is 2.09 bits per heavy atom. The largest absolute Gasteiger partial charge is 0.358 e. The van der Waals surface area contributed by atoms with E-state index < -0.39 is 21.3 Å². The molecule has 0 fully saturated rings. The Bertz CT molecular complexity index is 233. The van der Waals surface area contributed by atoms with Gasteiger partial charge < -0.3 is 5.32 Å². The number of hydrogen-bond acceptors (Lipinski definition) is 3. The van der Waals surface area contributed by atoms with Crippen molar-refractivity contribution in [3.05, 3.63) is 0 Å². The maximum absolute atomic E-state index is 10.7. The van der Waals surface area contributed by atoms with Gasteiger partial charge >= 0.3 is 0 Å². The summed E-state index contributed by atoms with van der Waals surface area (Å²) in [5.41, 5.74) is 0. The summed E-state index contributed by atoms with van der Waals surface area (Å²) in [4.78, 5) is 10.7. The van der Waals surface area contributed by atoms with Crippen molar-refractivity contribution in [1.29, 1.82) is 0 Å². The number of carbonyl (C=O) groups is 1. The summed E-state index contributed by atoms with van der Waals surface area (Å²) in [5, 5.41) is 0.804. The van der Waals surface area contributed by atoms with Crippen LogP contribution in [0.5, 0.6) is 0 Å². The lowest BCUT2D eigenvalue weighted by Gasteiger charge is -2.08. The van der Waals surface area contributed by atoms with Crippen LogP contribution in [-0.4, -0.2) is 31.2 Å². The summed E-state index contributed by atoms with van der Waals surface area (Å²) in [5.74, 6) is -0.685. The van der Waals surface area contributed by atoms with E-state index >= 15 is 0 Å². The molecule has 66 valence electrons. The summed E-state index contributed by atoms with van der Waals surface area (Å²) in [6, 6.07) is 0. The second-order valence-electron chi connectivity index (χ2n) is 2.03. The molecule has 0 aliphatic heterocycles. The Labute approximate surface area is 65.5 Å². The molecule has 11 heavy (non-hydrogen) atoms. The lowest BCUT2D eigenvalue weighted by molar-refractivity contribution is -0.120. The Morgan fingerprint density at radius 1 is 1.64 bits per heavy atom. The molecule has 0 aliphatic rings. The Hall–Kier alpha value is -0.620. The van der Waals surface area contributed by atoms with Gasteiger partial charge in [0.15, 0.2) is 5.25 Å². The maximum atomic E-state index is 10.7. The molecule has 0 spiro atoms. The van der Waals surface area contributed by atoms with Crippen LogP contribution < -0.4 is 5.32 Å². The van der Waals surface area contributed by atoms with Crippen molar-refractivity contribution >= 4 is 16.0 Å². The standard InChI is InChI=1S/C5H11NO4S/c1-3-4(5(7)6-2)11(8,9)10/h4H,3H2,1-2H3,(H,6,7)(H,8,9,10). The van der Waals surface area contributed by atoms with Crippen LogP contribution in [0.25, 0.3) is 0 Å². The first-order chi connectivity index (χ1) is 4.93. The first-order valence-corrected chi connectivity index (χ1v) is 4.61. The summed E-state index contributed by atoms with van der Waals surface area (Å²) in [6.45, 7) is 1.51. The topological polar surface area (TPSA) is 83.5 Å². The van der Waals surface area contributed by atoms with Crippen LogP contribution in [0.1, 0.15) is 13.3 Å². The third-order valence-electron chi connectivity index (χ3n) is 1.27. The smallest absolute Gasteiger partial charge is 0.276 e. The molecular weight excluding hydrogens is 170 g/mol. The van der Waals surface area contributed by atoms with Crippen LogP contribution in [0.3, 0.4) is 0 Å².